The lowest BCUT2D eigenvalue weighted by Gasteiger charge is -2.16. The van der Waals surface area contributed by atoms with Gasteiger partial charge in [0.2, 0.25) is 0 Å². The molecule has 0 fully saturated rings. The minimum absolute atomic E-state index is 0. The van der Waals surface area contributed by atoms with E-state index in [-0.39, 0.29) is 18.5 Å². The summed E-state index contributed by atoms with van der Waals surface area (Å²) in [5.74, 6) is 1.66. The molecule has 3 rings (SSSR count). The molecule has 1 aromatic heterocycles. The van der Waals surface area contributed by atoms with Crippen LogP contribution in [0.15, 0.2) is 18.2 Å². The van der Waals surface area contributed by atoms with Gasteiger partial charge in [-0.3, -0.25) is 0 Å². The number of aromatic amines is 1. The Balaban J connectivity index is 0.00000208. The molecule has 1 aliphatic heterocycles. The van der Waals surface area contributed by atoms with E-state index in [4.69, 9.17) is 4.74 Å². The molecule has 1 aromatic carbocycles. The number of ether oxygens (including phenoxy) is 1. The molecular weight excluding hydrogens is 332 g/mol. The zero-order valence-electron chi connectivity index (χ0n) is 13.7. The molecule has 2 heterocycles. The van der Waals surface area contributed by atoms with Crippen LogP contribution < -0.4 is 22.5 Å². The third kappa shape index (κ3) is 3.82. The lowest BCUT2D eigenvalue weighted by Crippen LogP contribution is -3.00. The monoisotopic (exact) mass is 352 g/mol. The number of hydrogen-bond donors (Lipinski definition) is 2. The second kappa shape index (κ2) is 8.07. The van der Waals surface area contributed by atoms with Gasteiger partial charge >= 0.3 is 6.09 Å². The van der Waals surface area contributed by atoms with Crippen molar-refractivity contribution in [3.8, 4) is 5.75 Å². The van der Waals surface area contributed by atoms with Crippen molar-refractivity contribution in [2.75, 3.05) is 20.1 Å². The number of hydrogen-bond acceptors (Lipinski definition) is 5. The van der Waals surface area contributed by atoms with E-state index in [1.807, 2.05) is 19.1 Å². The molecule has 0 spiro atoms. The van der Waals surface area contributed by atoms with Crippen molar-refractivity contribution in [3.05, 3.63) is 29.6 Å². The number of benzene rings is 1. The lowest BCUT2D eigenvalue weighted by molar-refractivity contribution is -0.564. The van der Waals surface area contributed by atoms with Gasteiger partial charge in [0.15, 0.2) is 5.82 Å². The molecule has 0 aliphatic carbocycles. The number of halogens is 1. The second-order valence-electron chi connectivity index (χ2n) is 5.64. The first-order chi connectivity index (χ1) is 11.2. The van der Waals surface area contributed by atoms with Gasteiger partial charge in [0.1, 0.15) is 11.4 Å². The Kier molecular flexibility index (Phi) is 6.10. The molecule has 3 N–H and O–H groups in total. The van der Waals surface area contributed by atoms with Crippen LogP contribution in [0.1, 0.15) is 30.7 Å². The molecule has 0 bridgehead atoms. The van der Waals surface area contributed by atoms with Crippen molar-refractivity contribution in [2.24, 2.45) is 0 Å². The van der Waals surface area contributed by atoms with Gasteiger partial charge in [0.05, 0.1) is 12.1 Å². The van der Waals surface area contributed by atoms with E-state index in [1.165, 1.54) is 0 Å². The first kappa shape index (κ1) is 18.2. The van der Waals surface area contributed by atoms with Crippen LogP contribution in [0.2, 0.25) is 0 Å². The number of carbonyl (C=O) groups excluding carboxylic acids is 1. The van der Waals surface area contributed by atoms with Gasteiger partial charge in [-0.15, -0.1) is 10.2 Å². The molecule has 2 aromatic rings. The number of carbonyl (C=O) groups is 1. The normalized spacial score (nSPS) is 15.5. The number of nitrogens with zero attached hydrogens (tertiary/aromatic N) is 4. The maximum absolute atomic E-state index is 12.1. The molecule has 24 heavy (non-hydrogen) atoms. The molecule has 1 aliphatic rings. The first-order valence-corrected chi connectivity index (χ1v) is 7.80. The number of aromatic nitrogens is 4. The first-order valence-electron chi connectivity index (χ1n) is 7.80. The Labute approximate surface area is 146 Å². The summed E-state index contributed by atoms with van der Waals surface area (Å²) in [5, 5.41) is 16.2. The van der Waals surface area contributed by atoms with E-state index in [2.05, 4.69) is 32.0 Å². The van der Waals surface area contributed by atoms with E-state index in [0.717, 1.165) is 30.6 Å². The number of tetrazole rings is 1. The molecule has 0 saturated carbocycles. The molecule has 1 atom stereocenters. The Bertz CT molecular complexity index is 679. The smallest absolute Gasteiger partial charge is 0.414 e. The Hall–Kier alpha value is -2.19. The third-order valence-corrected chi connectivity index (χ3v) is 4.22. The topological polar surface area (TPSA) is 101 Å². The third-order valence-electron chi connectivity index (χ3n) is 4.22. The number of fused-ring (bicyclic) bond motifs is 1. The summed E-state index contributed by atoms with van der Waals surface area (Å²) in [6.07, 6.45) is 1.30. The highest BCUT2D eigenvalue weighted by molar-refractivity contribution is 5.72. The van der Waals surface area contributed by atoms with Gasteiger partial charge in [-0.25, -0.2) is 4.79 Å². The van der Waals surface area contributed by atoms with E-state index < -0.39 is 0 Å². The highest BCUT2D eigenvalue weighted by Gasteiger charge is 2.31. The number of nitrogens with one attached hydrogen (secondary N) is 1. The summed E-state index contributed by atoms with van der Waals surface area (Å²) in [7, 11) is 1.73. The largest absolute Gasteiger partial charge is 1.00 e. The summed E-state index contributed by atoms with van der Waals surface area (Å²) in [4.78, 5) is 13.6. The fourth-order valence-corrected chi connectivity index (χ4v) is 2.81. The van der Waals surface area contributed by atoms with Crippen LogP contribution in [0.5, 0.6) is 5.75 Å². The van der Waals surface area contributed by atoms with Crippen LogP contribution in [-0.4, -0.2) is 51.8 Å². The van der Waals surface area contributed by atoms with Crippen molar-refractivity contribution < 1.29 is 27.3 Å². The van der Waals surface area contributed by atoms with Crippen LogP contribution in [-0.2, 0) is 6.42 Å². The minimum Gasteiger partial charge on any atom is -1.00 e. The van der Waals surface area contributed by atoms with E-state index in [1.54, 1.807) is 11.9 Å². The maximum atomic E-state index is 12.1. The fraction of sp³-hybridized carbons (Fsp3) is 0.467. The van der Waals surface area contributed by atoms with E-state index in [9.17, 15) is 4.79 Å². The van der Waals surface area contributed by atoms with Crippen LogP contribution in [0.4, 0.5) is 10.5 Å². The average Bonchev–Trinajstić information content (AvgIpc) is 3.22. The number of aryl methyl sites for hydroxylation is 1. The predicted octanol–water partition coefficient (Wildman–Crippen LogP) is -2.42. The summed E-state index contributed by atoms with van der Waals surface area (Å²) >= 11 is 0. The van der Waals surface area contributed by atoms with Crippen LogP contribution in [0.25, 0.3) is 0 Å². The Morgan fingerprint density at radius 3 is 3.04 bits per heavy atom. The summed E-state index contributed by atoms with van der Waals surface area (Å²) in [5.41, 5.74) is 2.25. The van der Waals surface area contributed by atoms with Gasteiger partial charge in [0.25, 0.3) is 0 Å². The van der Waals surface area contributed by atoms with Crippen molar-refractivity contribution in [1.82, 2.24) is 25.5 Å². The molecular formula is C15H21ClN6O2. The molecule has 8 nitrogen and oxygen atoms in total. The zero-order chi connectivity index (χ0) is 16.2. The summed E-state index contributed by atoms with van der Waals surface area (Å²) < 4.78 is 5.59. The molecule has 0 radical (unpaired) electrons. The number of nitrogens with two attached hydrogens (primary N) is 1. The van der Waals surface area contributed by atoms with Crippen LogP contribution in [0.3, 0.4) is 0 Å². The fourth-order valence-electron chi connectivity index (χ4n) is 2.81. The number of amides is 1. The van der Waals surface area contributed by atoms with Crippen molar-refractivity contribution >= 4 is 11.8 Å². The SMILES string of the molecule is CCN(C)C(=O)Oc1cccc2c1C(CCc1nn[nH]n1)C[NH2+]2.[Cl-]. The van der Waals surface area contributed by atoms with Gasteiger partial charge < -0.3 is 27.4 Å². The van der Waals surface area contributed by atoms with Gasteiger partial charge in [-0.2, -0.15) is 5.21 Å². The van der Waals surface area contributed by atoms with Gasteiger partial charge in [0, 0.05) is 25.9 Å². The predicted molar refractivity (Wildman–Crippen MR) is 82.5 cm³/mol. The average molecular weight is 353 g/mol. The second-order valence-corrected chi connectivity index (χ2v) is 5.64. The lowest BCUT2D eigenvalue weighted by atomic mass is 9.95. The molecule has 130 valence electrons. The number of H-pyrrole nitrogens is 1. The summed E-state index contributed by atoms with van der Waals surface area (Å²) in [6, 6.07) is 5.84. The van der Waals surface area contributed by atoms with Crippen molar-refractivity contribution in [3.63, 3.8) is 0 Å². The van der Waals surface area contributed by atoms with E-state index >= 15 is 0 Å². The Morgan fingerprint density at radius 2 is 2.33 bits per heavy atom. The van der Waals surface area contributed by atoms with E-state index in [0.29, 0.717) is 24.0 Å². The highest BCUT2D eigenvalue weighted by Crippen LogP contribution is 2.36. The standard InChI is InChI=1S/C15H20N6O2.ClH/c1-3-21(2)15(22)23-12-6-4-5-11-14(12)10(9-16-11)7-8-13-17-19-20-18-13;/h4-6,10,16H,3,7-9H2,1-2H3,(H,17,18,19,20);1H. The minimum atomic E-state index is -0.329. The molecule has 1 amide bonds. The van der Waals surface area contributed by atoms with Gasteiger partial charge in [-0.1, -0.05) is 11.3 Å². The summed E-state index contributed by atoms with van der Waals surface area (Å²) in [6.45, 7) is 3.46. The van der Waals surface area contributed by atoms with Crippen molar-refractivity contribution in [1.29, 1.82) is 0 Å². The number of quaternary nitrogens is 1. The van der Waals surface area contributed by atoms with Crippen LogP contribution >= 0.6 is 0 Å². The maximum Gasteiger partial charge on any atom is 0.414 e. The zero-order valence-corrected chi connectivity index (χ0v) is 14.5. The van der Waals surface area contributed by atoms with Crippen molar-refractivity contribution in [2.45, 2.75) is 25.7 Å². The highest BCUT2D eigenvalue weighted by atomic mass is 35.5. The molecule has 0 saturated heterocycles. The quantitative estimate of drug-likeness (QED) is 0.583. The molecule has 9 heteroatoms. The van der Waals surface area contributed by atoms with Gasteiger partial charge in [-0.05, 0) is 25.5 Å². The number of rotatable bonds is 5. The van der Waals surface area contributed by atoms with Crippen LogP contribution in [0, 0.1) is 0 Å². The Morgan fingerprint density at radius 1 is 1.50 bits per heavy atom. The molecule has 1 unspecified atom stereocenters.